The van der Waals surface area contributed by atoms with Crippen molar-refractivity contribution in [3.63, 3.8) is 0 Å². The molecule has 0 N–H and O–H groups in total. The first kappa shape index (κ1) is 14.9. The van der Waals surface area contributed by atoms with E-state index >= 15 is 0 Å². The van der Waals surface area contributed by atoms with Crippen molar-refractivity contribution in [2.45, 2.75) is 19.8 Å². The standard InChI is InChI=1S/C14H17Br2NO2/c1-10-3-2-6-17(8-10)14(18)9-19-13-5-4-11(15)7-12(13)16/h4-5,7,10H,2-3,6,8-9H2,1H3. The van der Waals surface area contributed by atoms with Gasteiger partial charge in [0.1, 0.15) is 5.75 Å². The van der Waals surface area contributed by atoms with Crippen molar-refractivity contribution >= 4 is 37.8 Å². The summed E-state index contributed by atoms with van der Waals surface area (Å²) in [6, 6.07) is 5.65. The molecule has 1 aliphatic heterocycles. The van der Waals surface area contributed by atoms with Crippen LogP contribution >= 0.6 is 31.9 Å². The van der Waals surface area contributed by atoms with E-state index in [2.05, 4.69) is 38.8 Å². The second kappa shape index (κ2) is 6.75. The van der Waals surface area contributed by atoms with Gasteiger partial charge in [0.2, 0.25) is 0 Å². The number of hydrogen-bond donors (Lipinski definition) is 0. The first-order valence-corrected chi connectivity index (χ1v) is 8.00. The van der Waals surface area contributed by atoms with Gasteiger partial charge in [-0.1, -0.05) is 22.9 Å². The highest BCUT2D eigenvalue weighted by atomic mass is 79.9. The lowest BCUT2D eigenvalue weighted by atomic mass is 10.0. The number of rotatable bonds is 3. The fraction of sp³-hybridized carbons (Fsp3) is 0.500. The Kier molecular flexibility index (Phi) is 5.28. The quantitative estimate of drug-likeness (QED) is 0.784. The molecule has 0 spiro atoms. The van der Waals surface area contributed by atoms with Crippen LogP contribution in [0.4, 0.5) is 0 Å². The van der Waals surface area contributed by atoms with Gasteiger partial charge in [0.15, 0.2) is 6.61 Å². The molecule has 104 valence electrons. The van der Waals surface area contributed by atoms with Crippen LogP contribution in [0.5, 0.6) is 5.75 Å². The molecule has 19 heavy (non-hydrogen) atoms. The van der Waals surface area contributed by atoms with Gasteiger partial charge in [-0.2, -0.15) is 0 Å². The number of halogens is 2. The average molecular weight is 391 g/mol. The van der Waals surface area contributed by atoms with Crippen LogP contribution in [0, 0.1) is 5.92 Å². The highest BCUT2D eigenvalue weighted by Crippen LogP contribution is 2.28. The zero-order valence-corrected chi connectivity index (χ0v) is 14.0. The first-order valence-electron chi connectivity index (χ1n) is 6.42. The zero-order valence-electron chi connectivity index (χ0n) is 10.9. The van der Waals surface area contributed by atoms with Gasteiger partial charge in [0, 0.05) is 17.6 Å². The maximum atomic E-state index is 12.1. The molecule has 1 unspecified atom stereocenters. The number of ether oxygens (including phenoxy) is 1. The van der Waals surface area contributed by atoms with Crippen LogP contribution in [0.1, 0.15) is 19.8 Å². The monoisotopic (exact) mass is 389 g/mol. The fourth-order valence-electron chi connectivity index (χ4n) is 2.24. The van der Waals surface area contributed by atoms with E-state index in [-0.39, 0.29) is 12.5 Å². The lowest BCUT2D eigenvalue weighted by molar-refractivity contribution is -0.135. The summed E-state index contributed by atoms with van der Waals surface area (Å²) in [6.45, 7) is 4.00. The van der Waals surface area contributed by atoms with E-state index in [0.717, 1.165) is 28.5 Å². The van der Waals surface area contributed by atoms with Crippen LogP contribution in [0.3, 0.4) is 0 Å². The molecule has 1 saturated heterocycles. The minimum atomic E-state index is 0.0707. The molecule has 3 nitrogen and oxygen atoms in total. The Labute approximate surface area is 130 Å². The molecule has 0 bridgehead atoms. The number of benzene rings is 1. The Morgan fingerprint density at radius 2 is 2.26 bits per heavy atom. The normalized spacial score (nSPS) is 19.3. The predicted molar refractivity (Wildman–Crippen MR) is 82.3 cm³/mol. The minimum absolute atomic E-state index is 0.0707. The maximum Gasteiger partial charge on any atom is 0.260 e. The van der Waals surface area contributed by atoms with Crippen LogP contribution in [0.15, 0.2) is 27.1 Å². The van der Waals surface area contributed by atoms with E-state index in [1.54, 1.807) is 0 Å². The van der Waals surface area contributed by atoms with E-state index in [1.807, 2.05) is 23.1 Å². The third kappa shape index (κ3) is 4.21. The number of hydrogen-bond acceptors (Lipinski definition) is 2. The van der Waals surface area contributed by atoms with Crippen molar-refractivity contribution in [2.75, 3.05) is 19.7 Å². The van der Waals surface area contributed by atoms with Crippen molar-refractivity contribution in [3.8, 4) is 5.75 Å². The van der Waals surface area contributed by atoms with Crippen molar-refractivity contribution in [3.05, 3.63) is 27.1 Å². The maximum absolute atomic E-state index is 12.1. The Hall–Kier alpha value is -0.550. The number of carbonyl (C=O) groups is 1. The number of likely N-dealkylation sites (tertiary alicyclic amines) is 1. The van der Waals surface area contributed by atoms with Crippen LogP contribution in [0.25, 0.3) is 0 Å². The second-order valence-corrected chi connectivity index (χ2v) is 6.72. The van der Waals surface area contributed by atoms with E-state index in [9.17, 15) is 4.79 Å². The highest BCUT2D eigenvalue weighted by Gasteiger charge is 2.21. The van der Waals surface area contributed by atoms with Gasteiger partial charge in [0.05, 0.1) is 4.47 Å². The average Bonchev–Trinajstić information content (AvgIpc) is 2.37. The molecule has 0 aliphatic carbocycles. The smallest absolute Gasteiger partial charge is 0.260 e. The summed E-state index contributed by atoms with van der Waals surface area (Å²) in [6.07, 6.45) is 2.30. The van der Waals surface area contributed by atoms with Gasteiger partial charge in [-0.3, -0.25) is 4.79 Å². The van der Waals surface area contributed by atoms with Gasteiger partial charge in [-0.25, -0.2) is 0 Å². The van der Waals surface area contributed by atoms with Crippen molar-refractivity contribution in [1.82, 2.24) is 4.90 Å². The van der Waals surface area contributed by atoms with Gasteiger partial charge in [-0.05, 0) is 52.9 Å². The van der Waals surface area contributed by atoms with Crippen molar-refractivity contribution in [2.24, 2.45) is 5.92 Å². The summed E-state index contributed by atoms with van der Waals surface area (Å²) < 4.78 is 7.41. The molecule has 5 heteroatoms. The first-order chi connectivity index (χ1) is 9.06. The minimum Gasteiger partial charge on any atom is -0.483 e. The SMILES string of the molecule is CC1CCCN(C(=O)COc2ccc(Br)cc2Br)C1. The molecule has 1 aromatic carbocycles. The van der Waals surface area contributed by atoms with E-state index in [1.165, 1.54) is 6.42 Å². The van der Waals surface area contributed by atoms with E-state index in [4.69, 9.17) is 4.74 Å². The number of piperidine rings is 1. The fourth-order valence-corrected chi connectivity index (χ4v) is 3.40. The van der Waals surface area contributed by atoms with Crippen LogP contribution in [0.2, 0.25) is 0 Å². The molecular weight excluding hydrogens is 374 g/mol. The summed E-state index contributed by atoms with van der Waals surface area (Å²) in [4.78, 5) is 14.0. The molecule has 1 aromatic rings. The lowest BCUT2D eigenvalue weighted by Crippen LogP contribution is -2.41. The summed E-state index contributed by atoms with van der Waals surface area (Å²) in [5.74, 6) is 1.36. The molecule has 1 amide bonds. The molecule has 1 heterocycles. The highest BCUT2D eigenvalue weighted by molar-refractivity contribution is 9.11. The summed E-state index contributed by atoms with van der Waals surface area (Å²) in [5.41, 5.74) is 0. The van der Waals surface area contributed by atoms with Crippen LogP contribution in [-0.4, -0.2) is 30.5 Å². The van der Waals surface area contributed by atoms with E-state index in [0.29, 0.717) is 11.7 Å². The summed E-state index contributed by atoms with van der Waals surface area (Å²) in [7, 11) is 0. The molecule has 1 fully saturated rings. The molecule has 0 saturated carbocycles. The number of carbonyl (C=O) groups excluding carboxylic acids is 1. The summed E-state index contributed by atoms with van der Waals surface area (Å²) in [5, 5.41) is 0. The van der Waals surface area contributed by atoms with Crippen molar-refractivity contribution in [1.29, 1.82) is 0 Å². The zero-order chi connectivity index (χ0) is 13.8. The van der Waals surface area contributed by atoms with Crippen LogP contribution < -0.4 is 4.74 Å². The largest absolute Gasteiger partial charge is 0.483 e. The predicted octanol–water partition coefficient (Wildman–Crippen LogP) is 3.85. The molecule has 0 radical (unpaired) electrons. The molecule has 0 aromatic heterocycles. The van der Waals surface area contributed by atoms with Gasteiger partial charge in [0.25, 0.3) is 5.91 Å². The Morgan fingerprint density at radius 3 is 2.95 bits per heavy atom. The van der Waals surface area contributed by atoms with Crippen LogP contribution in [-0.2, 0) is 4.79 Å². The molecule has 1 atom stereocenters. The molecule has 1 aliphatic rings. The molecular formula is C14H17Br2NO2. The third-order valence-corrected chi connectivity index (χ3v) is 4.37. The molecule has 2 rings (SSSR count). The Bertz CT molecular complexity index is 465. The van der Waals surface area contributed by atoms with E-state index < -0.39 is 0 Å². The number of amides is 1. The van der Waals surface area contributed by atoms with Gasteiger partial charge in [-0.15, -0.1) is 0 Å². The Morgan fingerprint density at radius 1 is 1.47 bits per heavy atom. The summed E-state index contributed by atoms with van der Waals surface area (Å²) >= 11 is 6.81. The lowest BCUT2D eigenvalue weighted by Gasteiger charge is -2.30. The van der Waals surface area contributed by atoms with Crippen molar-refractivity contribution < 1.29 is 9.53 Å². The second-order valence-electron chi connectivity index (χ2n) is 4.95. The van der Waals surface area contributed by atoms with Gasteiger partial charge >= 0.3 is 0 Å². The number of nitrogens with zero attached hydrogens (tertiary/aromatic N) is 1. The third-order valence-electron chi connectivity index (χ3n) is 3.25. The Balaban J connectivity index is 1.89. The van der Waals surface area contributed by atoms with Gasteiger partial charge < -0.3 is 9.64 Å². The topological polar surface area (TPSA) is 29.5 Å².